The molecule has 1 unspecified atom stereocenters. The second-order valence-corrected chi connectivity index (χ2v) is 4.29. The fourth-order valence-electron chi connectivity index (χ4n) is 0.836. The molecule has 1 N–H and O–H groups in total. The molecule has 1 aliphatic heterocycles. The number of carboxylic acid groups (broad SMARTS) is 1. The van der Waals surface area contributed by atoms with Crippen molar-refractivity contribution in [3.63, 3.8) is 0 Å². The molecule has 0 amide bonds. The summed E-state index contributed by atoms with van der Waals surface area (Å²) in [5.74, 6) is -0.816. The quantitative estimate of drug-likeness (QED) is 0.573. The average Bonchev–Trinajstić information content (AvgIpc) is 1.95. The third kappa shape index (κ3) is 1.45. The summed E-state index contributed by atoms with van der Waals surface area (Å²) < 4.78 is -0.813. The summed E-state index contributed by atoms with van der Waals surface area (Å²) in [5, 5.41) is 8.85. The lowest BCUT2D eigenvalue weighted by Gasteiger charge is -2.23. The zero-order valence-electron chi connectivity index (χ0n) is 6.04. The van der Waals surface area contributed by atoms with Gasteiger partial charge in [0.2, 0.25) is 0 Å². The molecular weight excluding hydrogens is 257 g/mol. The monoisotopic (exact) mass is 265 g/mol. The predicted molar refractivity (Wildman–Crippen MR) is 51.5 cm³/mol. The van der Waals surface area contributed by atoms with Gasteiger partial charge in [0.05, 0.1) is 6.54 Å². The maximum Gasteiger partial charge on any atom is 0.325 e. The number of halogens is 1. The van der Waals surface area contributed by atoms with Gasteiger partial charge in [0.25, 0.3) is 0 Å². The largest absolute Gasteiger partial charge is 0.480 e. The topological polar surface area (TPSA) is 49.7 Å². The van der Waals surface area contributed by atoms with Crippen LogP contribution in [0, 0.1) is 0 Å². The lowest BCUT2D eigenvalue weighted by Crippen LogP contribution is -2.37. The molecule has 0 bridgehead atoms. The number of carboxylic acids is 1. The molecule has 1 aliphatic rings. The minimum absolute atomic E-state index is 0.339. The van der Waals surface area contributed by atoms with Crippen LogP contribution in [0.2, 0.25) is 0 Å². The second kappa shape index (κ2) is 2.92. The van der Waals surface area contributed by atoms with Crippen LogP contribution in [0.4, 0.5) is 0 Å². The van der Waals surface area contributed by atoms with E-state index < -0.39 is 9.39 Å². The zero-order valence-corrected chi connectivity index (χ0v) is 8.20. The van der Waals surface area contributed by atoms with Gasteiger partial charge in [-0.2, -0.15) is 0 Å². The Balaban J connectivity index is 2.97. The van der Waals surface area contributed by atoms with Crippen LogP contribution in [0.1, 0.15) is 6.92 Å². The number of hydrogen-bond donors (Lipinski definition) is 1. The SMILES string of the molecule is CC1=CC=NCC1(I)C(=O)O. The molecule has 0 saturated carbocycles. The molecule has 11 heavy (non-hydrogen) atoms. The molecular formula is C7H8INO2. The Morgan fingerprint density at radius 3 is 2.91 bits per heavy atom. The Bertz CT molecular complexity index is 247. The molecule has 60 valence electrons. The second-order valence-electron chi connectivity index (χ2n) is 2.45. The van der Waals surface area contributed by atoms with Crippen molar-refractivity contribution < 1.29 is 9.90 Å². The summed E-state index contributed by atoms with van der Waals surface area (Å²) in [6, 6.07) is 0. The highest BCUT2D eigenvalue weighted by Crippen LogP contribution is 2.30. The zero-order chi connectivity index (χ0) is 8.48. The number of carbonyl (C=O) groups is 1. The van der Waals surface area contributed by atoms with Gasteiger partial charge in [0, 0.05) is 6.21 Å². The lowest BCUT2D eigenvalue weighted by atomic mass is 9.99. The van der Waals surface area contributed by atoms with Crippen LogP contribution >= 0.6 is 22.6 Å². The van der Waals surface area contributed by atoms with Crippen molar-refractivity contribution >= 4 is 34.8 Å². The van der Waals surface area contributed by atoms with Gasteiger partial charge in [-0.15, -0.1) is 0 Å². The Hall–Kier alpha value is -0.390. The summed E-state index contributed by atoms with van der Waals surface area (Å²) in [4.78, 5) is 14.7. The first-order valence-corrected chi connectivity index (χ1v) is 4.25. The van der Waals surface area contributed by atoms with E-state index in [9.17, 15) is 4.79 Å². The van der Waals surface area contributed by atoms with E-state index in [1.807, 2.05) is 29.5 Å². The minimum Gasteiger partial charge on any atom is -0.480 e. The highest BCUT2D eigenvalue weighted by molar-refractivity contribution is 14.1. The summed E-state index contributed by atoms with van der Waals surface area (Å²) in [6.45, 7) is 2.15. The Labute approximate surface area is 78.3 Å². The fraction of sp³-hybridized carbons (Fsp3) is 0.429. The van der Waals surface area contributed by atoms with Crippen LogP contribution < -0.4 is 0 Å². The van der Waals surface area contributed by atoms with E-state index in [4.69, 9.17) is 5.11 Å². The molecule has 0 saturated heterocycles. The van der Waals surface area contributed by atoms with E-state index in [1.54, 1.807) is 12.3 Å². The van der Waals surface area contributed by atoms with Crippen molar-refractivity contribution in [2.24, 2.45) is 4.99 Å². The molecule has 1 atom stereocenters. The third-order valence-electron chi connectivity index (χ3n) is 1.70. The fourth-order valence-corrected chi connectivity index (χ4v) is 1.21. The summed E-state index contributed by atoms with van der Waals surface area (Å²) in [7, 11) is 0. The highest BCUT2D eigenvalue weighted by atomic mass is 127. The van der Waals surface area contributed by atoms with Crippen molar-refractivity contribution in [1.82, 2.24) is 0 Å². The van der Waals surface area contributed by atoms with Gasteiger partial charge in [0.15, 0.2) is 3.42 Å². The Morgan fingerprint density at radius 1 is 1.91 bits per heavy atom. The van der Waals surface area contributed by atoms with Crippen LogP contribution in [-0.4, -0.2) is 27.3 Å². The molecule has 0 fully saturated rings. The molecule has 0 radical (unpaired) electrons. The van der Waals surface area contributed by atoms with Crippen LogP contribution in [0.5, 0.6) is 0 Å². The van der Waals surface area contributed by atoms with Gasteiger partial charge in [0.1, 0.15) is 0 Å². The summed E-state index contributed by atoms with van der Waals surface area (Å²) in [5.41, 5.74) is 0.848. The first kappa shape index (κ1) is 8.70. The van der Waals surface area contributed by atoms with Crippen molar-refractivity contribution in [3.05, 3.63) is 11.6 Å². The van der Waals surface area contributed by atoms with E-state index in [1.165, 1.54) is 0 Å². The normalized spacial score (nSPS) is 29.8. The van der Waals surface area contributed by atoms with Crippen molar-refractivity contribution in [2.75, 3.05) is 6.54 Å². The Kier molecular flexibility index (Phi) is 2.31. The van der Waals surface area contributed by atoms with E-state index >= 15 is 0 Å². The first-order chi connectivity index (χ1) is 5.07. The molecule has 0 spiro atoms. The van der Waals surface area contributed by atoms with E-state index in [0.29, 0.717) is 6.54 Å². The van der Waals surface area contributed by atoms with Gasteiger partial charge < -0.3 is 5.11 Å². The van der Waals surface area contributed by atoms with Gasteiger partial charge >= 0.3 is 5.97 Å². The van der Waals surface area contributed by atoms with Gasteiger partial charge in [-0.05, 0) is 18.6 Å². The summed E-state index contributed by atoms with van der Waals surface area (Å²) in [6.07, 6.45) is 3.39. The Morgan fingerprint density at radius 2 is 2.55 bits per heavy atom. The highest BCUT2D eigenvalue weighted by Gasteiger charge is 2.37. The van der Waals surface area contributed by atoms with E-state index in [0.717, 1.165) is 5.57 Å². The third-order valence-corrected chi connectivity index (χ3v) is 3.36. The number of aliphatic carboxylic acids is 1. The molecule has 0 aromatic carbocycles. The number of aliphatic imine (C=N–C) groups is 1. The van der Waals surface area contributed by atoms with Gasteiger partial charge in [-0.3, -0.25) is 9.79 Å². The number of dihydropyridines is 1. The number of hydrogen-bond acceptors (Lipinski definition) is 2. The number of nitrogens with zero attached hydrogens (tertiary/aromatic N) is 1. The maximum atomic E-state index is 10.8. The number of allylic oxidation sites excluding steroid dienone is 1. The average molecular weight is 265 g/mol. The molecule has 0 aromatic rings. The molecule has 1 rings (SSSR count). The molecule has 1 heterocycles. The standard InChI is InChI=1S/C7H8INO2/c1-5-2-3-9-4-7(5,8)6(10)11/h2-3H,4H2,1H3,(H,10,11). The van der Waals surface area contributed by atoms with Gasteiger partial charge in [-0.25, -0.2) is 0 Å². The maximum absolute atomic E-state index is 10.8. The van der Waals surface area contributed by atoms with Crippen LogP contribution in [0.25, 0.3) is 0 Å². The predicted octanol–water partition coefficient (Wildman–Crippen LogP) is 1.28. The van der Waals surface area contributed by atoms with E-state index in [-0.39, 0.29) is 0 Å². The number of rotatable bonds is 1. The molecule has 0 aromatic heterocycles. The minimum atomic E-state index is -0.816. The molecule has 3 nitrogen and oxygen atoms in total. The first-order valence-electron chi connectivity index (χ1n) is 3.17. The smallest absolute Gasteiger partial charge is 0.325 e. The number of alkyl halides is 1. The van der Waals surface area contributed by atoms with Crippen molar-refractivity contribution in [1.29, 1.82) is 0 Å². The van der Waals surface area contributed by atoms with Crippen molar-refractivity contribution in [3.8, 4) is 0 Å². The van der Waals surface area contributed by atoms with Gasteiger partial charge in [-0.1, -0.05) is 22.6 Å². The van der Waals surface area contributed by atoms with Crippen LogP contribution in [0.3, 0.4) is 0 Å². The van der Waals surface area contributed by atoms with Crippen molar-refractivity contribution in [2.45, 2.75) is 10.3 Å². The van der Waals surface area contributed by atoms with E-state index in [2.05, 4.69) is 4.99 Å². The van der Waals surface area contributed by atoms with Crippen LogP contribution in [-0.2, 0) is 4.79 Å². The molecule has 4 heteroatoms. The lowest BCUT2D eigenvalue weighted by molar-refractivity contribution is -0.138. The molecule has 0 aliphatic carbocycles. The van der Waals surface area contributed by atoms with Crippen LogP contribution in [0.15, 0.2) is 16.6 Å². The summed E-state index contributed by atoms with van der Waals surface area (Å²) >= 11 is 1.92.